The van der Waals surface area contributed by atoms with E-state index in [2.05, 4.69) is 10.6 Å². The summed E-state index contributed by atoms with van der Waals surface area (Å²) < 4.78 is 11.0. The lowest BCUT2D eigenvalue weighted by Gasteiger charge is -2.21. The van der Waals surface area contributed by atoms with Crippen molar-refractivity contribution in [1.29, 1.82) is 0 Å². The predicted octanol–water partition coefficient (Wildman–Crippen LogP) is 2.11. The minimum atomic E-state index is -0.449. The van der Waals surface area contributed by atoms with Gasteiger partial charge in [-0.05, 0) is 17.7 Å². The van der Waals surface area contributed by atoms with Crippen molar-refractivity contribution in [2.24, 2.45) is 0 Å². The fraction of sp³-hybridized carbons (Fsp3) is 0.316. The maximum atomic E-state index is 12.0. The third kappa shape index (κ3) is 6.45. The molecule has 0 fully saturated rings. The molecule has 2 aromatic carbocycles. The first-order valence-electron chi connectivity index (χ1n) is 8.13. The number of carbonyl (C=O) groups excluding carboxylic acids is 1. The van der Waals surface area contributed by atoms with E-state index >= 15 is 0 Å². The van der Waals surface area contributed by atoms with Crippen LogP contribution in [-0.4, -0.2) is 44.0 Å². The van der Waals surface area contributed by atoms with Gasteiger partial charge in [0.25, 0.3) is 0 Å². The molecule has 0 bridgehead atoms. The molecule has 0 aliphatic carbocycles. The summed E-state index contributed by atoms with van der Waals surface area (Å²) in [7, 11) is 1.52. The van der Waals surface area contributed by atoms with Crippen molar-refractivity contribution < 1.29 is 19.4 Å². The number of benzene rings is 2. The van der Waals surface area contributed by atoms with Gasteiger partial charge in [0.05, 0.1) is 25.8 Å². The Balaban J connectivity index is 1.98. The summed E-state index contributed by atoms with van der Waals surface area (Å²) >= 11 is 0. The van der Waals surface area contributed by atoms with E-state index in [0.717, 1.165) is 11.3 Å². The number of ether oxygens (including phenoxy) is 2. The summed E-state index contributed by atoms with van der Waals surface area (Å²) in [4.78, 5) is 12.0. The largest absolute Gasteiger partial charge is 0.484 e. The Morgan fingerprint density at radius 2 is 1.72 bits per heavy atom. The summed E-state index contributed by atoms with van der Waals surface area (Å²) in [6.45, 7) is 0.340. The van der Waals surface area contributed by atoms with Crippen molar-refractivity contribution in [2.75, 3.05) is 26.9 Å². The summed E-state index contributed by atoms with van der Waals surface area (Å²) in [5, 5.41) is 14.6. The van der Waals surface area contributed by atoms with Gasteiger partial charge in [-0.15, -0.1) is 0 Å². The van der Waals surface area contributed by atoms with Crippen LogP contribution in [0.4, 0.5) is 4.79 Å². The van der Waals surface area contributed by atoms with Crippen LogP contribution in [-0.2, 0) is 4.74 Å². The second-order valence-electron chi connectivity index (χ2n) is 5.52. The summed E-state index contributed by atoms with van der Waals surface area (Å²) in [5.41, 5.74) is 0.960. The minimum Gasteiger partial charge on any atom is -0.484 e. The maximum absolute atomic E-state index is 12.0. The summed E-state index contributed by atoms with van der Waals surface area (Å²) in [6.07, 6.45) is -0.329. The number of hydrogen-bond donors (Lipinski definition) is 3. The normalized spacial score (nSPS) is 12.9. The van der Waals surface area contributed by atoms with Crippen molar-refractivity contribution in [1.82, 2.24) is 10.6 Å². The van der Waals surface area contributed by atoms with E-state index in [1.165, 1.54) is 7.11 Å². The molecule has 0 aliphatic heterocycles. The number of amides is 2. The van der Waals surface area contributed by atoms with Gasteiger partial charge in [-0.25, -0.2) is 4.79 Å². The molecule has 134 valence electrons. The molecule has 2 atom stereocenters. The lowest BCUT2D eigenvalue weighted by Crippen LogP contribution is -2.47. The molecule has 0 saturated heterocycles. The van der Waals surface area contributed by atoms with Crippen molar-refractivity contribution in [2.45, 2.75) is 12.1 Å². The molecule has 3 N–H and O–H groups in total. The molecule has 2 aromatic rings. The van der Waals surface area contributed by atoms with Gasteiger partial charge < -0.3 is 25.2 Å². The minimum absolute atomic E-state index is 0.191. The lowest BCUT2D eigenvalue weighted by atomic mass is 10.1. The Morgan fingerprint density at radius 1 is 1.08 bits per heavy atom. The van der Waals surface area contributed by atoms with Gasteiger partial charge in [0.15, 0.2) is 0 Å². The number of nitrogens with one attached hydrogen (secondary N) is 2. The second kappa shape index (κ2) is 10.3. The summed E-state index contributed by atoms with van der Waals surface area (Å²) in [6, 6.07) is 18.3. The third-order valence-corrected chi connectivity index (χ3v) is 3.56. The molecule has 25 heavy (non-hydrogen) atoms. The SMILES string of the molecule is COC[C@H](CO)NC(=O)NCC(Oc1ccccc1)c1ccccc1. The molecule has 0 heterocycles. The molecule has 1 unspecified atom stereocenters. The van der Waals surface area contributed by atoms with Gasteiger partial charge in [-0.3, -0.25) is 0 Å². The van der Waals surface area contributed by atoms with E-state index in [1.807, 2.05) is 60.7 Å². The molecule has 0 radical (unpaired) electrons. The fourth-order valence-corrected chi connectivity index (χ4v) is 2.32. The van der Waals surface area contributed by atoms with Crippen LogP contribution in [0.25, 0.3) is 0 Å². The first kappa shape index (κ1) is 18.8. The van der Waals surface area contributed by atoms with Crippen molar-refractivity contribution in [3.8, 4) is 5.75 Å². The van der Waals surface area contributed by atoms with Gasteiger partial charge in [-0.2, -0.15) is 0 Å². The van der Waals surface area contributed by atoms with Crippen LogP contribution in [0.2, 0.25) is 0 Å². The number of aliphatic hydroxyl groups excluding tert-OH is 1. The fourth-order valence-electron chi connectivity index (χ4n) is 2.32. The third-order valence-electron chi connectivity index (χ3n) is 3.56. The number of aliphatic hydroxyl groups is 1. The van der Waals surface area contributed by atoms with Gasteiger partial charge in [-0.1, -0.05) is 48.5 Å². The topological polar surface area (TPSA) is 79.8 Å². The van der Waals surface area contributed by atoms with E-state index in [0.29, 0.717) is 0 Å². The average molecular weight is 344 g/mol. The highest BCUT2D eigenvalue weighted by Gasteiger charge is 2.16. The highest BCUT2D eigenvalue weighted by molar-refractivity contribution is 5.74. The van der Waals surface area contributed by atoms with Crippen LogP contribution < -0.4 is 15.4 Å². The van der Waals surface area contributed by atoms with Crippen LogP contribution >= 0.6 is 0 Å². The average Bonchev–Trinajstić information content (AvgIpc) is 2.66. The molecular formula is C19H24N2O4. The number of hydrogen-bond acceptors (Lipinski definition) is 4. The molecule has 6 nitrogen and oxygen atoms in total. The zero-order valence-electron chi connectivity index (χ0n) is 14.2. The predicted molar refractivity (Wildman–Crippen MR) is 95.5 cm³/mol. The standard InChI is InChI=1S/C19H24N2O4/c1-24-14-16(13-22)21-19(23)20-12-18(15-8-4-2-5-9-15)25-17-10-6-3-7-11-17/h2-11,16,18,22H,12-14H2,1H3,(H2,20,21,23)/t16-,18?/m0/s1. The Morgan fingerprint density at radius 3 is 2.32 bits per heavy atom. The van der Waals surface area contributed by atoms with Crippen LogP contribution in [0, 0.1) is 0 Å². The number of carbonyl (C=O) groups is 1. The van der Waals surface area contributed by atoms with Gasteiger partial charge in [0, 0.05) is 7.11 Å². The molecule has 0 spiro atoms. The molecule has 2 amide bonds. The van der Waals surface area contributed by atoms with Crippen LogP contribution in [0.15, 0.2) is 60.7 Å². The van der Waals surface area contributed by atoms with Crippen LogP contribution in [0.1, 0.15) is 11.7 Å². The first-order valence-corrected chi connectivity index (χ1v) is 8.13. The van der Waals surface area contributed by atoms with E-state index < -0.39 is 6.04 Å². The zero-order chi connectivity index (χ0) is 17.9. The number of rotatable bonds is 9. The molecule has 0 saturated carbocycles. The van der Waals surface area contributed by atoms with Crippen molar-refractivity contribution >= 4 is 6.03 Å². The molecular weight excluding hydrogens is 320 g/mol. The quantitative estimate of drug-likeness (QED) is 0.651. The van der Waals surface area contributed by atoms with Crippen molar-refractivity contribution in [3.05, 3.63) is 66.2 Å². The van der Waals surface area contributed by atoms with E-state index in [1.54, 1.807) is 0 Å². The highest BCUT2D eigenvalue weighted by Crippen LogP contribution is 2.21. The Bertz CT molecular complexity index is 622. The van der Waals surface area contributed by atoms with Gasteiger partial charge >= 0.3 is 6.03 Å². The molecule has 0 aromatic heterocycles. The van der Waals surface area contributed by atoms with Crippen molar-refractivity contribution in [3.63, 3.8) is 0 Å². The van der Waals surface area contributed by atoms with E-state index in [-0.39, 0.29) is 31.9 Å². The van der Waals surface area contributed by atoms with Crippen LogP contribution in [0.3, 0.4) is 0 Å². The monoisotopic (exact) mass is 344 g/mol. The van der Waals surface area contributed by atoms with Crippen LogP contribution in [0.5, 0.6) is 5.75 Å². The Hall–Kier alpha value is -2.57. The summed E-state index contributed by atoms with van der Waals surface area (Å²) in [5.74, 6) is 0.728. The van der Waals surface area contributed by atoms with E-state index in [9.17, 15) is 9.90 Å². The number of urea groups is 1. The van der Waals surface area contributed by atoms with Gasteiger partial charge in [0.2, 0.25) is 0 Å². The lowest BCUT2D eigenvalue weighted by molar-refractivity contribution is 0.129. The Labute approximate surface area is 147 Å². The molecule has 2 rings (SSSR count). The maximum Gasteiger partial charge on any atom is 0.315 e. The van der Waals surface area contributed by atoms with E-state index in [4.69, 9.17) is 9.47 Å². The second-order valence-corrected chi connectivity index (χ2v) is 5.52. The van der Waals surface area contributed by atoms with Gasteiger partial charge in [0.1, 0.15) is 11.9 Å². The first-order chi connectivity index (χ1) is 12.2. The molecule has 0 aliphatic rings. The Kier molecular flexibility index (Phi) is 7.75. The highest BCUT2D eigenvalue weighted by atomic mass is 16.5. The number of methoxy groups -OCH3 is 1. The molecule has 6 heteroatoms. The zero-order valence-corrected chi connectivity index (χ0v) is 14.2. The number of para-hydroxylation sites is 1. The smallest absolute Gasteiger partial charge is 0.315 e.